The number of aryl methyl sites for hydroxylation is 5. The summed E-state index contributed by atoms with van der Waals surface area (Å²) in [7, 11) is 0. The lowest BCUT2D eigenvalue weighted by Crippen LogP contribution is -2.41. The number of fused-ring (bicyclic) bond motifs is 1. The van der Waals surface area contributed by atoms with Crippen molar-refractivity contribution in [3.8, 4) is 5.75 Å². The number of rotatable bonds is 6. The molecule has 4 nitrogen and oxygen atoms in total. The van der Waals surface area contributed by atoms with Crippen LogP contribution < -0.4 is 9.30 Å². The van der Waals surface area contributed by atoms with Gasteiger partial charge in [0, 0.05) is 0 Å². The first-order chi connectivity index (χ1) is 12.4. The van der Waals surface area contributed by atoms with Gasteiger partial charge in [0.05, 0.1) is 6.54 Å². The van der Waals surface area contributed by atoms with Gasteiger partial charge in [0.15, 0.2) is 11.0 Å². The van der Waals surface area contributed by atoms with E-state index in [1.54, 1.807) is 0 Å². The Balaban J connectivity index is 1.79. The Kier molecular flexibility index (Phi) is 5.33. The fourth-order valence-electron chi connectivity index (χ4n) is 3.42. The minimum Gasteiger partial charge on any atom is -0.490 e. The van der Waals surface area contributed by atoms with E-state index in [-0.39, 0.29) is 6.61 Å². The van der Waals surface area contributed by atoms with E-state index >= 15 is 0 Å². The van der Waals surface area contributed by atoms with E-state index in [1.165, 1.54) is 16.6 Å². The zero-order valence-electron chi connectivity index (χ0n) is 16.4. The van der Waals surface area contributed by atoms with Crippen LogP contribution in [0.4, 0.5) is 0 Å². The van der Waals surface area contributed by atoms with Gasteiger partial charge >= 0.3 is 0 Å². The first kappa shape index (κ1) is 18.5. The monoisotopic (exact) mass is 353 g/mol. The van der Waals surface area contributed by atoms with Crippen molar-refractivity contribution in [2.75, 3.05) is 6.61 Å². The van der Waals surface area contributed by atoms with Crippen LogP contribution in [0.3, 0.4) is 0 Å². The molecule has 138 valence electrons. The smallest absolute Gasteiger partial charge is 0.244 e. The van der Waals surface area contributed by atoms with E-state index in [2.05, 4.69) is 48.4 Å². The molecular weight excluding hydrogens is 324 g/mol. The highest BCUT2D eigenvalue weighted by Gasteiger charge is 2.19. The SMILES string of the molecule is CCn1c[n+](C[C@@H](O)COc2c(C)cccc2C)c2cc(C)c(C)cc21. The van der Waals surface area contributed by atoms with Gasteiger partial charge in [0.25, 0.3) is 0 Å². The zero-order valence-corrected chi connectivity index (χ0v) is 16.4. The van der Waals surface area contributed by atoms with E-state index < -0.39 is 6.10 Å². The lowest BCUT2D eigenvalue weighted by Gasteiger charge is -2.14. The number of nitrogens with zero attached hydrogens (tertiary/aromatic N) is 2. The van der Waals surface area contributed by atoms with E-state index in [1.807, 2.05) is 32.0 Å². The first-order valence-electron chi connectivity index (χ1n) is 9.27. The zero-order chi connectivity index (χ0) is 18.8. The largest absolute Gasteiger partial charge is 0.490 e. The molecule has 0 unspecified atom stereocenters. The topological polar surface area (TPSA) is 38.3 Å². The summed E-state index contributed by atoms with van der Waals surface area (Å²) in [5.41, 5.74) is 7.11. The van der Waals surface area contributed by atoms with Crippen LogP contribution in [0, 0.1) is 27.7 Å². The molecule has 3 aromatic rings. The summed E-state index contributed by atoms with van der Waals surface area (Å²) in [5, 5.41) is 10.6. The minimum absolute atomic E-state index is 0.280. The lowest BCUT2D eigenvalue weighted by atomic mass is 10.1. The molecule has 1 heterocycles. The third-order valence-corrected chi connectivity index (χ3v) is 5.07. The highest BCUT2D eigenvalue weighted by atomic mass is 16.5. The van der Waals surface area contributed by atoms with Gasteiger partial charge in [-0.3, -0.25) is 0 Å². The van der Waals surface area contributed by atoms with Gasteiger partial charge in [-0.05, 0) is 69.0 Å². The van der Waals surface area contributed by atoms with E-state index in [4.69, 9.17) is 4.74 Å². The Labute approximate surface area is 155 Å². The van der Waals surface area contributed by atoms with E-state index in [0.717, 1.165) is 28.9 Å². The van der Waals surface area contributed by atoms with Crippen LogP contribution in [0.15, 0.2) is 36.7 Å². The molecule has 1 atom stereocenters. The minimum atomic E-state index is -0.573. The van der Waals surface area contributed by atoms with Crippen molar-refractivity contribution < 1.29 is 14.4 Å². The molecule has 0 fully saturated rings. The second-order valence-electron chi connectivity index (χ2n) is 7.16. The first-order valence-corrected chi connectivity index (χ1v) is 9.27. The molecule has 4 heteroatoms. The van der Waals surface area contributed by atoms with Gasteiger partial charge < -0.3 is 9.84 Å². The van der Waals surface area contributed by atoms with Crippen molar-refractivity contribution in [2.24, 2.45) is 0 Å². The predicted molar refractivity (Wildman–Crippen MR) is 105 cm³/mol. The normalized spacial score (nSPS) is 12.5. The Bertz CT molecular complexity index is 907. The molecule has 26 heavy (non-hydrogen) atoms. The summed E-state index contributed by atoms with van der Waals surface area (Å²) in [4.78, 5) is 0. The summed E-state index contributed by atoms with van der Waals surface area (Å²) < 4.78 is 10.3. The Morgan fingerprint density at radius 3 is 2.35 bits per heavy atom. The van der Waals surface area contributed by atoms with Crippen molar-refractivity contribution in [1.29, 1.82) is 0 Å². The van der Waals surface area contributed by atoms with Crippen molar-refractivity contribution in [3.63, 3.8) is 0 Å². The third-order valence-electron chi connectivity index (χ3n) is 5.07. The Morgan fingerprint density at radius 2 is 1.69 bits per heavy atom. The number of imidazole rings is 1. The maximum absolute atomic E-state index is 10.6. The van der Waals surface area contributed by atoms with Crippen molar-refractivity contribution in [1.82, 2.24) is 4.57 Å². The standard InChI is InChI=1S/C22H29N2O2/c1-6-23-14-24(21-11-18(5)17(4)10-20(21)23)12-19(25)13-26-22-15(2)8-7-9-16(22)3/h7-11,14,19,25H,6,12-13H2,1-5H3/q+1/t19-/m1/s1. The molecule has 0 aliphatic carbocycles. The molecule has 0 bridgehead atoms. The molecule has 2 aromatic carbocycles. The average molecular weight is 353 g/mol. The molecular formula is C22H29N2O2+. The van der Waals surface area contributed by atoms with E-state index in [0.29, 0.717) is 6.54 Å². The highest BCUT2D eigenvalue weighted by molar-refractivity contribution is 5.74. The molecule has 1 aromatic heterocycles. The lowest BCUT2D eigenvalue weighted by molar-refractivity contribution is -0.679. The molecule has 0 saturated carbocycles. The molecule has 1 N–H and O–H groups in total. The molecule has 3 rings (SSSR count). The van der Waals surface area contributed by atoms with E-state index in [9.17, 15) is 5.11 Å². The second-order valence-corrected chi connectivity index (χ2v) is 7.16. The average Bonchev–Trinajstić information content (AvgIpc) is 2.91. The molecule has 0 spiro atoms. The number of hydrogen-bond donors (Lipinski definition) is 1. The molecule has 0 saturated heterocycles. The van der Waals surface area contributed by atoms with Crippen LogP contribution in [-0.4, -0.2) is 22.4 Å². The molecule has 0 aliphatic rings. The van der Waals surface area contributed by atoms with Gasteiger partial charge in [-0.2, -0.15) is 0 Å². The molecule has 0 radical (unpaired) electrons. The maximum Gasteiger partial charge on any atom is 0.244 e. The number of ether oxygens (including phenoxy) is 1. The van der Waals surface area contributed by atoms with Crippen LogP contribution in [0.5, 0.6) is 5.75 Å². The number of benzene rings is 2. The van der Waals surface area contributed by atoms with Gasteiger partial charge in [-0.25, -0.2) is 9.13 Å². The van der Waals surface area contributed by atoms with Crippen LogP contribution >= 0.6 is 0 Å². The Morgan fingerprint density at radius 1 is 1.04 bits per heavy atom. The summed E-state index contributed by atoms with van der Waals surface area (Å²) in [6.07, 6.45) is 1.52. The fraction of sp³-hybridized carbons (Fsp3) is 0.409. The number of aromatic nitrogens is 2. The molecule has 0 aliphatic heterocycles. The second kappa shape index (κ2) is 7.50. The number of aliphatic hydroxyl groups is 1. The van der Waals surface area contributed by atoms with Gasteiger partial charge in [0.2, 0.25) is 6.33 Å². The Hall–Kier alpha value is -2.33. The van der Waals surface area contributed by atoms with Crippen molar-refractivity contribution in [3.05, 3.63) is 58.9 Å². The number of para-hydroxylation sites is 1. The van der Waals surface area contributed by atoms with Crippen molar-refractivity contribution in [2.45, 2.75) is 53.8 Å². The van der Waals surface area contributed by atoms with Crippen LogP contribution in [0.1, 0.15) is 29.2 Å². The van der Waals surface area contributed by atoms with Gasteiger partial charge in [0.1, 0.15) is 25.0 Å². The highest BCUT2D eigenvalue weighted by Crippen LogP contribution is 2.22. The summed E-state index contributed by atoms with van der Waals surface area (Å²) in [5.74, 6) is 0.874. The predicted octanol–water partition coefficient (Wildman–Crippen LogP) is 3.62. The third kappa shape index (κ3) is 3.61. The summed E-state index contributed by atoms with van der Waals surface area (Å²) in [6, 6.07) is 10.5. The maximum atomic E-state index is 10.6. The number of hydrogen-bond acceptors (Lipinski definition) is 2. The fourth-order valence-corrected chi connectivity index (χ4v) is 3.42. The van der Waals surface area contributed by atoms with Gasteiger partial charge in [-0.15, -0.1) is 0 Å². The van der Waals surface area contributed by atoms with Crippen LogP contribution in [0.2, 0.25) is 0 Å². The van der Waals surface area contributed by atoms with Crippen molar-refractivity contribution >= 4 is 11.0 Å². The number of aliphatic hydroxyl groups excluding tert-OH is 1. The summed E-state index contributed by atoms with van der Waals surface area (Å²) in [6.45, 7) is 12.2. The van der Waals surface area contributed by atoms with Gasteiger partial charge in [-0.1, -0.05) is 18.2 Å². The summed E-state index contributed by atoms with van der Waals surface area (Å²) >= 11 is 0. The quantitative estimate of drug-likeness (QED) is 0.687. The van der Waals surface area contributed by atoms with Crippen LogP contribution in [-0.2, 0) is 13.1 Å². The van der Waals surface area contributed by atoms with Crippen LogP contribution in [0.25, 0.3) is 11.0 Å². The molecule has 0 amide bonds.